The van der Waals surface area contributed by atoms with Crippen molar-refractivity contribution >= 4 is 15.9 Å². The zero-order chi connectivity index (χ0) is 14.0. The van der Waals surface area contributed by atoms with E-state index in [1.165, 1.54) is 26.7 Å². The maximum atomic E-state index is 5.64. The molecule has 3 nitrogen and oxygen atoms in total. The van der Waals surface area contributed by atoms with Crippen molar-refractivity contribution in [2.75, 3.05) is 26.9 Å². The van der Waals surface area contributed by atoms with E-state index in [0.29, 0.717) is 6.04 Å². The van der Waals surface area contributed by atoms with Gasteiger partial charge >= 0.3 is 0 Å². The third kappa shape index (κ3) is 2.96. The molecule has 106 valence electrons. The fraction of sp³-hybridized carbons (Fsp3) is 0.600. The second-order valence-electron chi connectivity index (χ2n) is 5.13. The highest BCUT2D eigenvalue weighted by Gasteiger charge is 2.21. The van der Waals surface area contributed by atoms with Crippen LogP contribution in [-0.4, -0.2) is 32.9 Å². The molecule has 0 spiro atoms. The molecule has 1 aromatic carbocycles. The summed E-state index contributed by atoms with van der Waals surface area (Å²) in [5.41, 5.74) is 5.02. The van der Waals surface area contributed by atoms with Crippen molar-refractivity contribution < 1.29 is 9.47 Å². The van der Waals surface area contributed by atoms with Crippen LogP contribution in [0.1, 0.15) is 22.3 Å². The van der Waals surface area contributed by atoms with Crippen molar-refractivity contribution in [1.29, 1.82) is 0 Å². The third-order valence-corrected chi connectivity index (χ3v) is 5.13. The highest BCUT2D eigenvalue weighted by atomic mass is 79.9. The number of rotatable bonds is 3. The molecule has 0 aromatic heterocycles. The Morgan fingerprint density at radius 3 is 2.58 bits per heavy atom. The van der Waals surface area contributed by atoms with Gasteiger partial charge in [-0.2, -0.15) is 0 Å². The quantitative estimate of drug-likeness (QED) is 0.925. The zero-order valence-corrected chi connectivity index (χ0v) is 13.7. The molecule has 0 radical (unpaired) electrons. The zero-order valence-electron chi connectivity index (χ0n) is 12.1. The van der Waals surface area contributed by atoms with Gasteiger partial charge in [-0.3, -0.25) is 0 Å². The first-order valence-corrected chi connectivity index (χ1v) is 7.48. The molecular weight excluding hydrogens is 306 g/mol. The minimum atomic E-state index is 0.371. The summed E-state index contributed by atoms with van der Waals surface area (Å²) in [6, 6.07) is 0.371. The highest BCUT2D eigenvalue weighted by molar-refractivity contribution is 9.10. The van der Waals surface area contributed by atoms with E-state index in [9.17, 15) is 0 Å². The van der Waals surface area contributed by atoms with Crippen LogP contribution in [0.25, 0.3) is 0 Å². The van der Waals surface area contributed by atoms with Gasteiger partial charge in [0.2, 0.25) is 0 Å². The molecule has 0 bridgehead atoms. The van der Waals surface area contributed by atoms with Gasteiger partial charge in [0.05, 0.1) is 20.3 Å². The first kappa shape index (κ1) is 14.8. The maximum Gasteiger partial charge on any atom is 0.125 e. The van der Waals surface area contributed by atoms with Crippen LogP contribution in [0.5, 0.6) is 5.75 Å². The lowest BCUT2D eigenvalue weighted by Gasteiger charge is -2.26. The van der Waals surface area contributed by atoms with E-state index in [1.807, 2.05) is 0 Å². The fourth-order valence-electron chi connectivity index (χ4n) is 2.66. The Bertz CT molecular complexity index is 468. The van der Waals surface area contributed by atoms with E-state index >= 15 is 0 Å². The Balaban J connectivity index is 2.37. The summed E-state index contributed by atoms with van der Waals surface area (Å²) in [6.07, 6.45) is 0.939. The molecule has 1 aromatic rings. The molecule has 19 heavy (non-hydrogen) atoms. The molecule has 1 fully saturated rings. The number of ether oxygens (including phenoxy) is 2. The lowest BCUT2D eigenvalue weighted by atomic mass is 9.94. The average molecular weight is 328 g/mol. The summed E-state index contributed by atoms with van der Waals surface area (Å²) in [6.45, 7) is 8.90. The van der Waals surface area contributed by atoms with Crippen molar-refractivity contribution in [2.24, 2.45) is 0 Å². The molecular formula is C15H22BrNO2. The molecule has 1 aliphatic heterocycles. The van der Waals surface area contributed by atoms with Crippen molar-refractivity contribution in [1.82, 2.24) is 5.32 Å². The molecule has 1 atom stereocenters. The van der Waals surface area contributed by atoms with Gasteiger partial charge in [-0.1, -0.05) is 15.9 Å². The number of hydrogen-bond acceptors (Lipinski definition) is 3. The van der Waals surface area contributed by atoms with E-state index in [0.717, 1.165) is 31.9 Å². The SMILES string of the molecule is COc1c(C)c(C)c(Br)c(C)c1CC1COCCN1. The molecule has 1 aliphatic rings. The van der Waals surface area contributed by atoms with Crippen LogP contribution in [0, 0.1) is 20.8 Å². The van der Waals surface area contributed by atoms with Gasteiger partial charge in [-0.25, -0.2) is 0 Å². The minimum absolute atomic E-state index is 0.371. The average Bonchev–Trinajstić information content (AvgIpc) is 2.44. The van der Waals surface area contributed by atoms with Crippen molar-refractivity contribution in [3.8, 4) is 5.75 Å². The van der Waals surface area contributed by atoms with Crippen LogP contribution in [-0.2, 0) is 11.2 Å². The monoisotopic (exact) mass is 327 g/mol. The van der Waals surface area contributed by atoms with Gasteiger partial charge < -0.3 is 14.8 Å². The van der Waals surface area contributed by atoms with Crippen LogP contribution in [0.4, 0.5) is 0 Å². The Labute approximate surface area is 123 Å². The third-order valence-electron chi connectivity index (χ3n) is 3.94. The highest BCUT2D eigenvalue weighted by Crippen LogP contribution is 2.36. The van der Waals surface area contributed by atoms with Crippen LogP contribution in [0.15, 0.2) is 4.47 Å². The lowest BCUT2D eigenvalue weighted by Crippen LogP contribution is -2.42. The summed E-state index contributed by atoms with van der Waals surface area (Å²) >= 11 is 3.70. The summed E-state index contributed by atoms with van der Waals surface area (Å²) in [5.74, 6) is 1.02. The number of nitrogens with one attached hydrogen (secondary N) is 1. The topological polar surface area (TPSA) is 30.5 Å². The van der Waals surface area contributed by atoms with Gasteiger partial charge in [0.1, 0.15) is 5.75 Å². The van der Waals surface area contributed by atoms with Crippen LogP contribution >= 0.6 is 15.9 Å². The van der Waals surface area contributed by atoms with Crippen molar-refractivity contribution in [2.45, 2.75) is 33.2 Å². The number of morpholine rings is 1. The predicted molar refractivity (Wildman–Crippen MR) is 81.2 cm³/mol. The summed E-state index contributed by atoms with van der Waals surface area (Å²) in [4.78, 5) is 0. The molecule has 0 saturated carbocycles. The number of benzene rings is 1. The van der Waals surface area contributed by atoms with Gasteiger partial charge in [-0.15, -0.1) is 0 Å². The number of halogens is 1. The van der Waals surface area contributed by atoms with E-state index in [4.69, 9.17) is 9.47 Å². The molecule has 2 rings (SSSR count). The van der Waals surface area contributed by atoms with E-state index in [1.54, 1.807) is 7.11 Å². The largest absolute Gasteiger partial charge is 0.496 e. The maximum absolute atomic E-state index is 5.64. The van der Waals surface area contributed by atoms with E-state index in [2.05, 4.69) is 42.0 Å². The summed E-state index contributed by atoms with van der Waals surface area (Å²) < 4.78 is 12.4. The lowest BCUT2D eigenvalue weighted by molar-refractivity contribution is 0.0768. The first-order chi connectivity index (χ1) is 9.06. The molecule has 1 saturated heterocycles. The Morgan fingerprint density at radius 2 is 2.00 bits per heavy atom. The standard InChI is InChI=1S/C15H22BrNO2/c1-9-10(2)15(18-4)13(11(3)14(9)16)7-12-8-19-6-5-17-12/h12,17H,5-8H2,1-4H3. The van der Waals surface area contributed by atoms with Gasteiger partial charge in [0.15, 0.2) is 0 Å². The molecule has 0 aliphatic carbocycles. The van der Waals surface area contributed by atoms with Crippen molar-refractivity contribution in [3.05, 3.63) is 26.7 Å². The number of methoxy groups -OCH3 is 1. The van der Waals surface area contributed by atoms with Gasteiger partial charge in [0, 0.05) is 22.6 Å². The smallest absolute Gasteiger partial charge is 0.125 e. The van der Waals surface area contributed by atoms with Crippen LogP contribution < -0.4 is 10.1 Å². The summed E-state index contributed by atoms with van der Waals surface area (Å²) in [7, 11) is 1.75. The second kappa shape index (κ2) is 6.25. The Morgan fingerprint density at radius 1 is 1.26 bits per heavy atom. The Hall–Kier alpha value is -0.580. The first-order valence-electron chi connectivity index (χ1n) is 6.69. The second-order valence-corrected chi connectivity index (χ2v) is 5.92. The molecule has 4 heteroatoms. The van der Waals surface area contributed by atoms with Crippen LogP contribution in [0.3, 0.4) is 0 Å². The van der Waals surface area contributed by atoms with Crippen LogP contribution in [0.2, 0.25) is 0 Å². The van der Waals surface area contributed by atoms with Gasteiger partial charge in [0.25, 0.3) is 0 Å². The van der Waals surface area contributed by atoms with Gasteiger partial charge in [-0.05, 0) is 43.9 Å². The van der Waals surface area contributed by atoms with E-state index in [-0.39, 0.29) is 0 Å². The molecule has 1 N–H and O–H groups in total. The minimum Gasteiger partial charge on any atom is -0.496 e. The van der Waals surface area contributed by atoms with Crippen molar-refractivity contribution in [3.63, 3.8) is 0 Å². The normalized spacial score (nSPS) is 19.5. The molecule has 0 amide bonds. The predicted octanol–water partition coefficient (Wildman–Crippen LogP) is 2.91. The Kier molecular flexibility index (Phi) is 4.87. The fourth-order valence-corrected chi connectivity index (χ4v) is 3.20. The number of hydrogen-bond donors (Lipinski definition) is 1. The van der Waals surface area contributed by atoms with E-state index < -0.39 is 0 Å². The summed E-state index contributed by atoms with van der Waals surface area (Å²) in [5, 5.41) is 3.50. The molecule has 1 unspecified atom stereocenters. The molecule has 1 heterocycles.